The summed E-state index contributed by atoms with van der Waals surface area (Å²) in [6, 6.07) is 21.2. The van der Waals surface area contributed by atoms with Crippen LogP contribution in [0.15, 0.2) is 72.8 Å². The minimum atomic E-state index is -0.418. The van der Waals surface area contributed by atoms with Crippen LogP contribution in [0.25, 0.3) is 0 Å². The average molecular weight is 471 g/mol. The van der Waals surface area contributed by atoms with Crippen LogP contribution in [-0.4, -0.2) is 4.92 Å². The van der Waals surface area contributed by atoms with Crippen molar-refractivity contribution in [2.45, 2.75) is 20.8 Å². The molecule has 0 bridgehead atoms. The Kier molecular flexibility index (Phi) is 6.46. The fourth-order valence-electron chi connectivity index (χ4n) is 3.56. The third-order valence-electron chi connectivity index (χ3n) is 5.52. The smallest absolute Gasteiger partial charge is 0.272 e. The van der Waals surface area contributed by atoms with E-state index in [1.165, 1.54) is 6.07 Å². The van der Waals surface area contributed by atoms with Gasteiger partial charge in [-0.25, -0.2) is 0 Å². The van der Waals surface area contributed by atoms with Crippen molar-refractivity contribution in [1.82, 2.24) is 0 Å². The van der Waals surface area contributed by atoms with E-state index in [1.54, 1.807) is 37.3 Å². The largest absolute Gasteiger partial charge is 0.457 e. The monoisotopic (exact) mass is 470 g/mol. The van der Waals surface area contributed by atoms with Crippen molar-refractivity contribution >= 4 is 28.4 Å². The molecule has 0 heterocycles. The summed E-state index contributed by atoms with van der Waals surface area (Å²) in [6.45, 7) is 5.52. The van der Waals surface area contributed by atoms with Gasteiger partial charge in [0.2, 0.25) is 0 Å². The van der Waals surface area contributed by atoms with Crippen molar-refractivity contribution in [1.29, 1.82) is 0 Å². The number of hydrogen-bond donors (Lipinski definition) is 3. The Labute approximate surface area is 203 Å². The van der Waals surface area contributed by atoms with Gasteiger partial charge in [-0.2, -0.15) is 0 Å². The SMILES string of the molecule is Cc1cc(Nc2cc(Oc3ccc(N)c(C)c3)cc(Oc3ccc([N+](=O)[O-])c(C)c3)c2)ccc1N. The van der Waals surface area contributed by atoms with Crippen LogP contribution in [-0.2, 0) is 0 Å². The van der Waals surface area contributed by atoms with Gasteiger partial charge in [-0.05, 0) is 80.4 Å². The maximum absolute atomic E-state index is 11.1. The first-order chi connectivity index (χ1) is 16.7. The first kappa shape index (κ1) is 23.4. The molecule has 5 N–H and O–H groups in total. The molecule has 0 aliphatic rings. The van der Waals surface area contributed by atoms with E-state index in [4.69, 9.17) is 20.9 Å². The molecule has 178 valence electrons. The third kappa shape index (κ3) is 5.62. The van der Waals surface area contributed by atoms with Crippen molar-refractivity contribution in [3.05, 3.63) is 99.6 Å². The number of nitrogens with zero attached hydrogens (tertiary/aromatic N) is 1. The standard InChI is InChI=1S/C27H26N4O4/c1-16-10-19(4-7-25(16)28)30-20-13-23(34-21-5-8-26(29)17(2)11-21)15-24(14-20)35-22-6-9-27(31(32)33)18(3)12-22/h4-15,30H,28-29H2,1-3H3. The first-order valence-electron chi connectivity index (χ1n) is 10.9. The van der Waals surface area contributed by atoms with Gasteiger partial charge in [0, 0.05) is 52.6 Å². The van der Waals surface area contributed by atoms with Crippen molar-refractivity contribution in [2.75, 3.05) is 16.8 Å². The Bertz CT molecular complexity index is 1350. The molecule has 0 spiro atoms. The molecular weight excluding hydrogens is 444 g/mol. The second kappa shape index (κ2) is 9.64. The Hall–Kier alpha value is -4.72. The highest BCUT2D eigenvalue weighted by atomic mass is 16.6. The molecule has 35 heavy (non-hydrogen) atoms. The van der Waals surface area contributed by atoms with Crippen molar-refractivity contribution in [3.63, 3.8) is 0 Å². The molecule has 0 aromatic heterocycles. The maximum atomic E-state index is 11.1. The van der Waals surface area contributed by atoms with Crippen LogP contribution in [0.1, 0.15) is 16.7 Å². The first-order valence-corrected chi connectivity index (χ1v) is 10.9. The zero-order valence-electron chi connectivity index (χ0n) is 19.7. The summed E-state index contributed by atoms with van der Waals surface area (Å²) in [4.78, 5) is 10.7. The summed E-state index contributed by atoms with van der Waals surface area (Å²) in [7, 11) is 0. The predicted octanol–water partition coefficient (Wildman–Crippen LogP) is 7.01. The molecule has 0 amide bonds. The molecule has 8 heteroatoms. The molecule has 0 atom stereocenters. The summed E-state index contributed by atoms with van der Waals surface area (Å²) >= 11 is 0. The summed E-state index contributed by atoms with van der Waals surface area (Å²) in [6.07, 6.45) is 0. The maximum Gasteiger partial charge on any atom is 0.272 e. The number of anilines is 4. The summed E-state index contributed by atoms with van der Waals surface area (Å²) < 4.78 is 12.2. The molecule has 4 aromatic carbocycles. The van der Waals surface area contributed by atoms with Crippen LogP contribution in [0, 0.1) is 30.9 Å². The van der Waals surface area contributed by atoms with Crippen LogP contribution in [0.4, 0.5) is 28.4 Å². The molecule has 0 unspecified atom stereocenters. The second-order valence-electron chi connectivity index (χ2n) is 8.32. The van der Waals surface area contributed by atoms with Gasteiger partial charge in [-0.15, -0.1) is 0 Å². The van der Waals surface area contributed by atoms with Crippen LogP contribution < -0.4 is 26.3 Å². The van der Waals surface area contributed by atoms with Gasteiger partial charge >= 0.3 is 0 Å². The number of nitrogens with two attached hydrogens (primary N) is 2. The zero-order valence-corrected chi connectivity index (χ0v) is 19.7. The Morgan fingerprint density at radius 3 is 1.74 bits per heavy atom. The number of nitrogen functional groups attached to an aromatic ring is 2. The van der Waals surface area contributed by atoms with E-state index >= 15 is 0 Å². The number of rotatable bonds is 7. The number of hydrogen-bond acceptors (Lipinski definition) is 7. The van der Waals surface area contributed by atoms with E-state index < -0.39 is 4.92 Å². The van der Waals surface area contributed by atoms with Crippen molar-refractivity contribution in [2.24, 2.45) is 0 Å². The summed E-state index contributed by atoms with van der Waals surface area (Å²) in [5.74, 6) is 2.15. The fraction of sp³-hybridized carbons (Fsp3) is 0.111. The quantitative estimate of drug-likeness (QED) is 0.151. The van der Waals surface area contributed by atoms with Crippen LogP contribution in [0.3, 0.4) is 0 Å². The van der Waals surface area contributed by atoms with Gasteiger partial charge in [0.25, 0.3) is 5.69 Å². The van der Waals surface area contributed by atoms with E-state index in [-0.39, 0.29) is 5.69 Å². The number of aryl methyl sites for hydroxylation is 3. The number of nitro groups is 1. The molecule has 0 aliphatic heterocycles. The highest BCUT2D eigenvalue weighted by Gasteiger charge is 2.13. The molecule has 0 fully saturated rings. The molecule has 0 saturated carbocycles. The van der Waals surface area contributed by atoms with E-state index in [9.17, 15) is 10.1 Å². The van der Waals surface area contributed by atoms with Crippen molar-refractivity contribution < 1.29 is 14.4 Å². The van der Waals surface area contributed by atoms with E-state index in [2.05, 4.69) is 5.32 Å². The van der Waals surface area contributed by atoms with Gasteiger partial charge in [0.15, 0.2) is 0 Å². The van der Waals surface area contributed by atoms with Gasteiger partial charge in [-0.1, -0.05) is 0 Å². The second-order valence-corrected chi connectivity index (χ2v) is 8.32. The average Bonchev–Trinajstić information content (AvgIpc) is 2.78. The lowest BCUT2D eigenvalue weighted by Gasteiger charge is -2.15. The topological polar surface area (TPSA) is 126 Å². The lowest BCUT2D eigenvalue weighted by molar-refractivity contribution is -0.385. The highest BCUT2D eigenvalue weighted by molar-refractivity contribution is 5.67. The fourth-order valence-corrected chi connectivity index (χ4v) is 3.56. The molecule has 4 aromatic rings. The van der Waals surface area contributed by atoms with Gasteiger partial charge in [0.1, 0.15) is 23.0 Å². The van der Waals surface area contributed by atoms with Gasteiger partial charge < -0.3 is 26.3 Å². The summed E-state index contributed by atoms with van der Waals surface area (Å²) in [5.41, 5.74) is 17.3. The van der Waals surface area contributed by atoms with Crippen LogP contribution >= 0.6 is 0 Å². The predicted molar refractivity (Wildman–Crippen MR) is 139 cm³/mol. The minimum absolute atomic E-state index is 0.0363. The molecule has 0 aliphatic carbocycles. The number of ether oxygens (including phenoxy) is 2. The molecule has 0 saturated heterocycles. The minimum Gasteiger partial charge on any atom is -0.457 e. The molecule has 4 rings (SSSR count). The van der Waals surface area contributed by atoms with E-state index in [0.717, 1.165) is 22.5 Å². The summed E-state index contributed by atoms with van der Waals surface area (Å²) in [5, 5.41) is 14.5. The van der Waals surface area contributed by atoms with Gasteiger partial charge in [-0.3, -0.25) is 10.1 Å². The number of nitro benzene ring substituents is 1. The van der Waals surface area contributed by atoms with Crippen LogP contribution in [0.5, 0.6) is 23.0 Å². The Balaban J connectivity index is 1.68. The van der Waals surface area contributed by atoms with Gasteiger partial charge in [0.05, 0.1) is 4.92 Å². The highest BCUT2D eigenvalue weighted by Crippen LogP contribution is 2.35. The molecule has 8 nitrogen and oxygen atoms in total. The molecule has 0 radical (unpaired) electrons. The third-order valence-corrected chi connectivity index (χ3v) is 5.52. The normalized spacial score (nSPS) is 10.6. The van der Waals surface area contributed by atoms with E-state index in [1.807, 2.05) is 50.2 Å². The van der Waals surface area contributed by atoms with Crippen LogP contribution in [0.2, 0.25) is 0 Å². The molecular formula is C27H26N4O4. The zero-order chi connectivity index (χ0) is 25.1. The van der Waals surface area contributed by atoms with E-state index in [0.29, 0.717) is 39.9 Å². The van der Waals surface area contributed by atoms with Crippen molar-refractivity contribution in [3.8, 4) is 23.0 Å². The lowest BCUT2D eigenvalue weighted by atomic mass is 10.1. The Morgan fingerprint density at radius 2 is 1.20 bits per heavy atom. The number of benzene rings is 4. The Morgan fingerprint density at radius 1 is 0.657 bits per heavy atom. The number of nitrogens with one attached hydrogen (secondary N) is 1. The lowest BCUT2D eigenvalue weighted by Crippen LogP contribution is -1.96.